The third-order valence-corrected chi connectivity index (χ3v) is 4.00. The SMILES string of the molecule is CCCCC(=O)NCc1cn(-c2ccccc2)nc1-c1ccncc1. The van der Waals surface area contributed by atoms with Gasteiger partial charge in [-0.25, -0.2) is 4.68 Å². The maximum atomic E-state index is 12.0. The van der Waals surface area contributed by atoms with E-state index in [4.69, 9.17) is 5.10 Å². The van der Waals surface area contributed by atoms with Gasteiger partial charge in [-0.05, 0) is 30.7 Å². The van der Waals surface area contributed by atoms with E-state index in [2.05, 4.69) is 17.2 Å². The topological polar surface area (TPSA) is 59.8 Å². The average molecular weight is 334 g/mol. The van der Waals surface area contributed by atoms with Gasteiger partial charge in [-0.2, -0.15) is 5.10 Å². The van der Waals surface area contributed by atoms with Crippen molar-refractivity contribution >= 4 is 5.91 Å². The van der Waals surface area contributed by atoms with E-state index in [-0.39, 0.29) is 5.91 Å². The summed E-state index contributed by atoms with van der Waals surface area (Å²) in [6.45, 7) is 2.55. The third-order valence-electron chi connectivity index (χ3n) is 4.00. The Balaban J connectivity index is 1.87. The van der Waals surface area contributed by atoms with Gasteiger partial charge in [-0.15, -0.1) is 0 Å². The van der Waals surface area contributed by atoms with Crippen LogP contribution in [0.1, 0.15) is 31.7 Å². The Morgan fingerprint density at radius 3 is 2.60 bits per heavy atom. The zero-order chi connectivity index (χ0) is 17.5. The van der Waals surface area contributed by atoms with Crippen molar-refractivity contribution in [2.24, 2.45) is 0 Å². The molecular weight excluding hydrogens is 312 g/mol. The molecule has 0 unspecified atom stereocenters. The molecule has 25 heavy (non-hydrogen) atoms. The first-order chi connectivity index (χ1) is 12.3. The Bertz CT molecular complexity index is 812. The van der Waals surface area contributed by atoms with Crippen molar-refractivity contribution in [2.75, 3.05) is 0 Å². The molecule has 1 amide bonds. The number of para-hydroxylation sites is 1. The van der Waals surface area contributed by atoms with Crippen LogP contribution in [0.5, 0.6) is 0 Å². The van der Waals surface area contributed by atoms with Crippen LogP contribution >= 0.6 is 0 Å². The van der Waals surface area contributed by atoms with E-state index in [0.717, 1.165) is 35.3 Å². The van der Waals surface area contributed by atoms with Gasteiger partial charge in [-0.3, -0.25) is 9.78 Å². The number of rotatable bonds is 7. The van der Waals surface area contributed by atoms with Gasteiger partial charge in [0.05, 0.1) is 11.4 Å². The lowest BCUT2D eigenvalue weighted by Gasteiger charge is -2.05. The van der Waals surface area contributed by atoms with Crippen LogP contribution in [0.15, 0.2) is 61.1 Å². The number of nitrogens with one attached hydrogen (secondary N) is 1. The van der Waals surface area contributed by atoms with Crippen molar-refractivity contribution in [2.45, 2.75) is 32.7 Å². The Labute approximate surface area is 147 Å². The molecule has 3 aromatic rings. The molecule has 0 saturated heterocycles. The molecule has 0 atom stereocenters. The summed E-state index contributed by atoms with van der Waals surface area (Å²) < 4.78 is 1.85. The van der Waals surface area contributed by atoms with Crippen molar-refractivity contribution in [3.63, 3.8) is 0 Å². The fraction of sp³-hybridized carbons (Fsp3) is 0.250. The Morgan fingerprint density at radius 1 is 1.12 bits per heavy atom. The van der Waals surface area contributed by atoms with Gasteiger partial charge in [0, 0.05) is 42.7 Å². The fourth-order valence-corrected chi connectivity index (χ4v) is 2.62. The van der Waals surface area contributed by atoms with Crippen LogP contribution in [0.4, 0.5) is 0 Å². The quantitative estimate of drug-likeness (QED) is 0.716. The van der Waals surface area contributed by atoms with Crippen molar-refractivity contribution in [1.29, 1.82) is 0 Å². The lowest BCUT2D eigenvalue weighted by Crippen LogP contribution is -2.22. The van der Waals surface area contributed by atoms with Crippen LogP contribution in [0, 0.1) is 0 Å². The lowest BCUT2D eigenvalue weighted by molar-refractivity contribution is -0.121. The van der Waals surface area contributed by atoms with Crippen molar-refractivity contribution < 1.29 is 4.79 Å². The molecule has 128 valence electrons. The number of hydrogen-bond donors (Lipinski definition) is 1. The predicted octanol–water partition coefficient (Wildman–Crippen LogP) is 3.74. The summed E-state index contributed by atoms with van der Waals surface area (Å²) in [6, 6.07) is 13.8. The predicted molar refractivity (Wildman–Crippen MR) is 98.2 cm³/mol. The van der Waals surface area contributed by atoms with Gasteiger partial charge < -0.3 is 5.32 Å². The van der Waals surface area contributed by atoms with E-state index in [1.807, 2.05) is 53.3 Å². The first-order valence-corrected chi connectivity index (χ1v) is 8.59. The molecule has 0 fully saturated rings. The van der Waals surface area contributed by atoms with E-state index >= 15 is 0 Å². The van der Waals surface area contributed by atoms with Crippen LogP contribution in [-0.4, -0.2) is 20.7 Å². The molecule has 5 nitrogen and oxygen atoms in total. The molecular formula is C20H22N4O. The first kappa shape index (κ1) is 16.9. The van der Waals surface area contributed by atoms with Crippen LogP contribution in [0.2, 0.25) is 0 Å². The Morgan fingerprint density at radius 2 is 1.88 bits per heavy atom. The molecule has 0 bridgehead atoms. The maximum Gasteiger partial charge on any atom is 0.220 e. The first-order valence-electron chi connectivity index (χ1n) is 8.59. The van der Waals surface area contributed by atoms with Gasteiger partial charge in [0.2, 0.25) is 5.91 Å². The number of aromatic nitrogens is 3. The van der Waals surface area contributed by atoms with Crippen LogP contribution in [0.3, 0.4) is 0 Å². The smallest absolute Gasteiger partial charge is 0.220 e. The second kappa shape index (κ2) is 8.24. The summed E-state index contributed by atoms with van der Waals surface area (Å²) in [7, 11) is 0. The molecule has 0 radical (unpaired) electrons. The summed E-state index contributed by atoms with van der Waals surface area (Å²) in [5, 5.41) is 7.73. The van der Waals surface area contributed by atoms with E-state index in [0.29, 0.717) is 13.0 Å². The minimum Gasteiger partial charge on any atom is -0.352 e. The molecule has 0 spiro atoms. The molecule has 0 aliphatic rings. The highest BCUT2D eigenvalue weighted by Crippen LogP contribution is 2.23. The highest BCUT2D eigenvalue weighted by molar-refractivity contribution is 5.76. The number of benzene rings is 1. The molecule has 1 N–H and O–H groups in total. The Kier molecular flexibility index (Phi) is 5.57. The Hall–Kier alpha value is -2.95. The van der Waals surface area contributed by atoms with Gasteiger partial charge in [0.25, 0.3) is 0 Å². The monoisotopic (exact) mass is 334 g/mol. The fourth-order valence-electron chi connectivity index (χ4n) is 2.62. The summed E-state index contributed by atoms with van der Waals surface area (Å²) in [4.78, 5) is 16.0. The maximum absolute atomic E-state index is 12.0. The van der Waals surface area contributed by atoms with Crippen LogP contribution < -0.4 is 5.32 Å². The van der Waals surface area contributed by atoms with Crippen LogP contribution in [-0.2, 0) is 11.3 Å². The summed E-state index contributed by atoms with van der Waals surface area (Å²) in [5.41, 5.74) is 3.82. The standard InChI is InChI=1S/C20H22N4O/c1-2-3-9-19(25)22-14-17-15-24(18-7-5-4-6-8-18)23-20(17)16-10-12-21-13-11-16/h4-8,10-13,15H,2-3,9,14H2,1H3,(H,22,25). The van der Waals surface area contributed by atoms with Crippen molar-refractivity contribution in [3.8, 4) is 16.9 Å². The van der Waals surface area contributed by atoms with Gasteiger partial charge in [-0.1, -0.05) is 31.5 Å². The molecule has 0 saturated carbocycles. The number of pyridine rings is 1. The minimum atomic E-state index is 0.0787. The molecule has 5 heteroatoms. The van der Waals surface area contributed by atoms with E-state index < -0.39 is 0 Å². The molecule has 1 aromatic carbocycles. The molecule has 0 aliphatic carbocycles. The zero-order valence-corrected chi connectivity index (χ0v) is 14.4. The van der Waals surface area contributed by atoms with Gasteiger partial charge in [0.15, 0.2) is 0 Å². The average Bonchev–Trinajstić information content (AvgIpc) is 3.10. The molecule has 3 rings (SSSR count). The minimum absolute atomic E-state index is 0.0787. The number of carbonyl (C=O) groups excluding carboxylic acids is 1. The van der Waals surface area contributed by atoms with E-state index in [1.165, 1.54) is 0 Å². The number of carbonyl (C=O) groups is 1. The highest BCUT2D eigenvalue weighted by Gasteiger charge is 2.13. The summed E-state index contributed by atoms with van der Waals surface area (Å²) in [5.74, 6) is 0.0787. The largest absolute Gasteiger partial charge is 0.352 e. The third kappa shape index (κ3) is 4.32. The second-order valence-corrected chi connectivity index (χ2v) is 5.90. The van der Waals surface area contributed by atoms with Crippen molar-refractivity contribution in [3.05, 3.63) is 66.6 Å². The number of nitrogens with zero attached hydrogens (tertiary/aromatic N) is 3. The molecule has 0 aliphatic heterocycles. The number of unbranched alkanes of at least 4 members (excludes halogenated alkanes) is 1. The van der Waals surface area contributed by atoms with Gasteiger partial charge >= 0.3 is 0 Å². The summed E-state index contributed by atoms with van der Waals surface area (Å²) >= 11 is 0. The van der Waals surface area contributed by atoms with Gasteiger partial charge in [0.1, 0.15) is 0 Å². The highest BCUT2D eigenvalue weighted by atomic mass is 16.1. The van der Waals surface area contributed by atoms with Crippen LogP contribution in [0.25, 0.3) is 16.9 Å². The lowest BCUT2D eigenvalue weighted by atomic mass is 10.1. The van der Waals surface area contributed by atoms with E-state index in [1.54, 1.807) is 12.4 Å². The summed E-state index contributed by atoms with van der Waals surface area (Å²) in [6.07, 6.45) is 7.97. The molecule has 2 aromatic heterocycles. The number of hydrogen-bond acceptors (Lipinski definition) is 3. The zero-order valence-electron chi connectivity index (χ0n) is 14.4. The molecule has 2 heterocycles. The number of amides is 1. The second-order valence-electron chi connectivity index (χ2n) is 5.90. The normalized spacial score (nSPS) is 10.6. The van der Waals surface area contributed by atoms with E-state index in [9.17, 15) is 4.79 Å². The van der Waals surface area contributed by atoms with Crippen molar-refractivity contribution in [1.82, 2.24) is 20.1 Å².